The summed E-state index contributed by atoms with van der Waals surface area (Å²) in [6.07, 6.45) is 3.13. The Bertz CT molecular complexity index is 2050. The zero-order chi connectivity index (χ0) is 46.3. The van der Waals surface area contributed by atoms with Crippen LogP contribution in [0.3, 0.4) is 0 Å². The van der Waals surface area contributed by atoms with Gasteiger partial charge in [-0.2, -0.15) is 0 Å². The normalized spacial score (nSPS) is 13.9. The molecule has 1 fully saturated rings. The van der Waals surface area contributed by atoms with E-state index in [1.54, 1.807) is 35.0 Å². The van der Waals surface area contributed by atoms with E-state index in [1.165, 1.54) is 11.3 Å². The molecule has 0 spiro atoms. The molecule has 64 heavy (non-hydrogen) atoms. The number of rotatable bonds is 23. The Labute approximate surface area is 381 Å². The number of nitrogens with one attached hydrogen (secondary N) is 3. The fourth-order valence-electron chi connectivity index (χ4n) is 6.58. The van der Waals surface area contributed by atoms with E-state index in [0.717, 1.165) is 39.8 Å². The van der Waals surface area contributed by atoms with E-state index in [0.29, 0.717) is 64.3 Å². The largest absolute Gasteiger partial charge is 0.481 e. The van der Waals surface area contributed by atoms with Crippen LogP contribution in [0.4, 0.5) is 9.59 Å². The molecule has 4 amide bonds. The van der Waals surface area contributed by atoms with E-state index >= 15 is 0 Å². The maximum Gasteiger partial charge on any atom is 0.407 e. The highest BCUT2D eigenvalue weighted by molar-refractivity contribution is 7.09. The van der Waals surface area contributed by atoms with Gasteiger partial charge in [0.1, 0.15) is 12.6 Å². The third kappa shape index (κ3) is 19.3. The zero-order valence-electron chi connectivity index (χ0n) is 36.5. The van der Waals surface area contributed by atoms with Gasteiger partial charge in [0.25, 0.3) is 0 Å². The number of carboxylic acids is 2. The number of thiazole rings is 2. The summed E-state index contributed by atoms with van der Waals surface area (Å²) in [6.45, 7) is 8.19. The summed E-state index contributed by atoms with van der Waals surface area (Å²) in [5.74, 6) is -3.75. The van der Waals surface area contributed by atoms with Crippen LogP contribution in [0.5, 0.6) is 0 Å². The molecule has 2 aromatic heterocycles. The van der Waals surface area contributed by atoms with E-state index in [-0.39, 0.29) is 30.6 Å². The highest BCUT2D eigenvalue weighted by Gasteiger charge is 2.27. The molecule has 2 aromatic carbocycles. The zero-order valence-corrected chi connectivity index (χ0v) is 38.1. The second kappa shape index (κ2) is 27.4. The Kier molecular flexibility index (Phi) is 21.8. The number of hydrogen-bond acceptors (Lipinski definition) is 13. The summed E-state index contributed by atoms with van der Waals surface area (Å²) in [6, 6.07) is 18.4. The Morgan fingerprint density at radius 3 is 2.02 bits per heavy atom. The van der Waals surface area contributed by atoms with Crippen LogP contribution in [0, 0.1) is 0 Å². The summed E-state index contributed by atoms with van der Waals surface area (Å²) in [5.41, 5.74) is 4.70. The van der Waals surface area contributed by atoms with Crippen molar-refractivity contribution in [1.82, 2.24) is 35.7 Å². The number of Topliss-reactive ketones (excluding diaryl/α,β-unsaturated/α-hetero) is 1. The number of alkyl carbamates (subject to hydrolysis) is 1. The molecule has 1 aliphatic heterocycles. The molecule has 0 radical (unpaired) electrons. The number of carbonyl (C=O) groups is 6. The average molecular weight is 922 g/mol. The number of amides is 4. The van der Waals surface area contributed by atoms with Crippen LogP contribution in [0.2, 0.25) is 0 Å². The molecular formula is C45H59N7O10S2. The summed E-state index contributed by atoms with van der Waals surface area (Å²) in [5, 5.41) is 28.4. The lowest BCUT2D eigenvalue weighted by molar-refractivity contribution is -0.149. The third-order valence-corrected chi connectivity index (χ3v) is 12.0. The average Bonchev–Trinajstić information content (AvgIpc) is 3.99. The second-order valence-electron chi connectivity index (χ2n) is 15.6. The molecule has 17 nitrogen and oxygen atoms in total. The van der Waals surface area contributed by atoms with Crippen molar-refractivity contribution < 1.29 is 48.5 Å². The lowest BCUT2D eigenvalue weighted by Crippen LogP contribution is -2.54. The summed E-state index contributed by atoms with van der Waals surface area (Å²) in [4.78, 5) is 83.9. The molecule has 0 aliphatic carbocycles. The maximum absolute atomic E-state index is 14.2. The smallest absolute Gasteiger partial charge is 0.407 e. The molecule has 4 aromatic rings. The first-order valence-electron chi connectivity index (χ1n) is 21.2. The van der Waals surface area contributed by atoms with Gasteiger partial charge < -0.3 is 40.5 Å². The van der Waals surface area contributed by atoms with Gasteiger partial charge in [0, 0.05) is 62.7 Å². The van der Waals surface area contributed by atoms with Crippen molar-refractivity contribution in [2.24, 2.45) is 0 Å². The topological polar surface area (TPSA) is 230 Å². The van der Waals surface area contributed by atoms with Crippen molar-refractivity contribution in [2.75, 3.05) is 39.9 Å². The van der Waals surface area contributed by atoms with E-state index in [9.17, 15) is 28.8 Å². The number of aliphatic carboxylic acids is 2. The fourth-order valence-corrected chi connectivity index (χ4v) is 7.91. The number of benzene rings is 2. The molecule has 1 saturated heterocycles. The van der Waals surface area contributed by atoms with E-state index < -0.39 is 42.7 Å². The lowest BCUT2D eigenvalue weighted by atomic mass is 9.95. The van der Waals surface area contributed by atoms with Gasteiger partial charge in [-0.1, -0.05) is 74.5 Å². The van der Waals surface area contributed by atoms with E-state index in [1.807, 2.05) is 66.0 Å². The summed E-state index contributed by atoms with van der Waals surface area (Å²) < 4.78 is 11.1. The Morgan fingerprint density at radius 2 is 1.47 bits per heavy atom. The number of nitrogens with zero attached hydrogens (tertiary/aromatic N) is 4. The number of morpholine rings is 1. The van der Waals surface area contributed by atoms with Crippen LogP contribution in [0.15, 0.2) is 77.8 Å². The fraction of sp³-hybridized carbons (Fsp3) is 0.467. The predicted octanol–water partition coefficient (Wildman–Crippen LogP) is 5.51. The number of urea groups is 1. The van der Waals surface area contributed by atoms with Crippen molar-refractivity contribution >= 4 is 58.4 Å². The van der Waals surface area contributed by atoms with Crippen LogP contribution in [0.25, 0.3) is 0 Å². The molecule has 1 aliphatic rings. The lowest BCUT2D eigenvalue weighted by Gasteiger charge is -2.30. The first kappa shape index (κ1) is 50.9. The third-order valence-electron chi connectivity index (χ3n) is 10.1. The van der Waals surface area contributed by atoms with Crippen molar-refractivity contribution in [3.8, 4) is 0 Å². The monoisotopic (exact) mass is 921 g/mol. The quantitative estimate of drug-likeness (QED) is 0.0580. The number of ether oxygens (including phenoxy) is 2. The number of aromatic nitrogens is 2. The van der Waals surface area contributed by atoms with Crippen molar-refractivity contribution in [2.45, 2.75) is 96.0 Å². The first-order valence-corrected chi connectivity index (χ1v) is 22.9. The van der Waals surface area contributed by atoms with Crippen molar-refractivity contribution in [3.05, 3.63) is 104 Å². The van der Waals surface area contributed by atoms with Crippen LogP contribution < -0.4 is 16.0 Å². The number of carbonyl (C=O) groups excluding carboxylic acids is 4. The highest BCUT2D eigenvalue weighted by Crippen LogP contribution is 2.20. The van der Waals surface area contributed by atoms with Crippen molar-refractivity contribution in [1.29, 1.82) is 0 Å². The number of hydrogen-bond donors (Lipinski definition) is 5. The highest BCUT2D eigenvalue weighted by atomic mass is 32.1. The van der Waals surface area contributed by atoms with Crippen LogP contribution in [-0.2, 0) is 54.6 Å². The van der Waals surface area contributed by atoms with Gasteiger partial charge in [0.05, 0.1) is 47.3 Å². The molecule has 3 heterocycles. The van der Waals surface area contributed by atoms with Gasteiger partial charge >= 0.3 is 24.1 Å². The molecule has 3 atom stereocenters. The van der Waals surface area contributed by atoms with Crippen LogP contribution in [0.1, 0.15) is 78.6 Å². The van der Waals surface area contributed by atoms with Gasteiger partial charge in [0.2, 0.25) is 11.7 Å². The SMILES string of the molecule is CC(C)c1nc(CN(C)C(=O)NC(CCN2CCOCC2)C(=O)NC(CCC(Cc2ccccc2)NC(=O)OCc2cncs2)Cc2ccccc2)cs1.O=C(O)CCC(=O)C(=O)O. The van der Waals surface area contributed by atoms with E-state index in [4.69, 9.17) is 19.7 Å². The van der Waals surface area contributed by atoms with Crippen LogP contribution >= 0.6 is 22.7 Å². The van der Waals surface area contributed by atoms with E-state index in [2.05, 4.69) is 44.7 Å². The van der Waals surface area contributed by atoms with Crippen LogP contribution in [-0.4, -0.2) is 124 Å². The summed E-state index contributed by atoms with van der Waals surface area (Å²) in [7, 11) is 1.72. The van der Waals surface area contributed by atoms with Gasteiger partial charge in [-0.3, -0.25) is 24.3 Å². The molecule has 3 unspecified atom stereocenters. The molecule has 19 heteroatoms. The van der Waals surface area contributed by atoms with Gasteiger partial charge in [-0.15, -0.1) is 22.7 Å². The van der Waals surface area contributed by atoms with Gasteiger partial charge in [-0.25, -0.2) is 19.4 Å². The Morgan fingerprint density at radius 1 is 0.844 bits per heavy atom. The molecule has 5 N–H and O–H groups in total. The minimum absolute atomic E-state index is 0.150. The Balaban J connectivity index is 0.000000800. The maximum atomic E-state index is 14.2. The predicted molar refractivity (Wildman–Crippen MR) is 242 cm³/mol. The second-order valence-corrected chi connectivity index (χ2v) is 17.5. The standard InChI is InChI=1S/C40H53N7O5S2.C5H6O5/c1-29(2)38-43-34(27-53-38)25-46(3)39(49)45-36(16-17-47-18-20-51-21-19-47)37(48)42-32(22-30-10-6-4-7-11-30)14-15-33(23-31-12-8-5-9-13-31)44-40(50)52-26-35-24-41-28-54-35;6-3(5(9)10)1-2-4(7)8/h4-13,24,27-29,32-33,36H,14-23,25-26H2,1-3H3,(H,42,48)(H,44,50)(H,45,49);1-2H2,(H,7,8)(H,9,10). The molecule has 0 bridgehead atoms. The first-order chi connectivity index (χ1) is 30.7. The summed E-state index contributed by atoms with van der Waals surface area (Å²) >= 11 is 3.02. The minimum atomic E-state index is -1.58. The number of ketones is 1. The molecule has 5 rings (SSSR count). The van der Waals surface area contributed by atoms with Crippen molar-refractivity contribution in [3.63, 3.8) is 0 Å². The minimum Gasteiger partial charge on any atom is -0.481 e. The Hall–Kier alpha value is -5.76. The molecular weight excluding hydrogens is 863 g/mol. The van der Waals surface area contributed by atoms with Gasteiger partial charge in [-0.05, 0) is 43.2 Å². The van der Waals surface area contributed by atoms with Gasteiger partial charge in [0.15, 0.2) is 0 Å². The molecule has 0 saturated carbocycles. The number of carboxylic acid groups (broad SMARTS) is 2. The molecule has 346 valence electrons.